The summed E-state index contributed by atoms with van der Waals surface area (Å²) in [5.41, 5.74) is 6.57. The van der Waals surface area contributed by atoms with Gasteiger partial charge in [-0.3, -0.25) is 4.99 Å². The van der Waals surface area contributed by atoms with E-state index in [4.69, 9.17) is 10.5 Å². The monoisotopic (exact) mass is 381 g/mol. The quantitative estimate of drug-likeness (QED) is 0.463. The van der Waals surface area contributed by atoms with Crippen molar-refractivity contribution in [3.05, 3.63) is 0 Å². The van der Waals surface area contributed by atoms with Crippen LogP contribution in [0.4, 0.5) is 0 Å². The lowest BCUT2D eigenvalue weighted by atomic mass is 9.94. The first kappa shape index (κ1) is 17.0. The third-order valence-corrected chi connectivity index (χ3v) is 3.94. The molecule has 0 radical (unpaired) electrons. The van der Waals surface area contributed by atoms with Gasteiger partial charge in [0.25, 0.3) is 0 Å². The van der Waals surface area contributed by atoms with Gasteiger partial charge in [0.1, 0.15) is 0 Å². The first-order chi connectivity index (χ1) is 8.51. The van der Waals surface area contributed by atoms with Crippen LogP contribution < -0.4 is 5.73 Å². The molecule has 0 aromatic carbocycles. The molecule has 0 amide bonds. The molecule has 5 heteroatoms. The molecule has 4 nitrogen and oxygen atoms in total. The Morgan fingerprint density at radius 2 is 2.16 bits per heavy atom. The van der Waals surface area contributed by atoms with Gasteiger partial charge in [-0.15, -0.1) is 24.0 Å². The highest BCUT2D eigenvalue weighted by molar-refractivity contribution is 14.0. The lowest BCUT2D eigenvalue weighted by Gasteiger charge is -2.32. The predicted molar refractivity (Wildman–Crippen MR) is 90.0 cm³/mol. The molecule has 1 unspecified atom stereocenters. The van der Waals surface area contributed by atoms with Gasteiger partial charge >= 0.3 is 0 Å². The van der Waals surface area contributed by atoms with Gasteiger partial charge in [-0.2, -0.15) is 0 Å². The third-order valence-electron chi connectivity index (χ3n) is 3.94. The minimum Gasteiger partial charge on any atom is -0.375 e. The number of halogens is 1. The van der Waals surface area contributed by atoms with Gasteiger partial charge in [0.15, 0.2) is 5.96 Å². The molecule has 1 saturated carbocycles. The molecule has 0 spiro atoms. The maximum absolute atomic E-state index is 6.10. The molecular formula is C14H28IN3O. The standard InChI is InChI=1S/C14H27N3O.HI/c1-11(2)8-14(4-5-14)10-16-13(15)17-6-7-18-12(3)9-17;/h11-12H,4-10H2,1-3H3,(H2,15,16);1H. The van der Waals surface area contributed by atoms with Crippen LogP contribution in [0.15, 0.2) is 4.99 Å². The van der Waals surface area contributed by atoms with Crippen molar-refractivity contribution in [3.63, 3.8) is 0 Å². The molecule has 1 saturated heterocycles. The number of hydrogen-bond donors (Lipinski definition) is 1. The van der Waals surface area contributed by atoms with Crippen LogP contribution in [0.3, 0.4) is 0 Å². The van der Waals surface area contributed by atoms with E-state index in [0.717, 1.165) is 32.2 Å². The van der Waals surface area contributed by atoms with Crippen molar-refractivity contribution < 1.29 is 4.74 Å². The molecule has 0 aromatic heterocycles. The van der Waals surface area contributed by atoms with Crippen molar-refractivity contribution in [3.8, 4) is 0 Å². The molecule has 19 heavy (non-hydrogen) atoms. The predicted octanol–water partition coefficient (Wildman–Crippen LogP) is 2.47. The number of nitrogens with two attached hydrogens (primary N) is 1. The Hall–Kier alpha value is -0.0400. The zero-order valence-corrected chi connectivity index (χ0v) is 14.7. The summed E-state index contributed by atoms with van der Waals surface area (Å²) < 4.78 is 5.52. The third kappa shape index (κ3) is 5.10. The highest BCUT2D eigenvalue weighted by Crippen LogP contribution is 2.50. The van der Waals surface area contributed by atoms with E-state index in [1.807, 2.05) is 0 Å². The van der Waals surface area contributed by atoms with Crippen LogP contribution in [0, 0.1) is 11.3 Å². The van der Waals surface area contributed by atoms with Gasteiger partial charge in [-0.1, -0.05) is 13.8 Å². The van der Waals surface area contributed by atoms with Crippen molar-refractivity contribution >= 4 is 29.9 Å². The van der Waals surface area contributed by atoms with Crippen LogP contribution in [-0.4, -0.2) is 43.2 Å². The second kappa shape index (κ2) is 7.11. The van der Waals surface area contributed by atoms with Gasteiger partial charge in [0.2, 0.25) is 0 Å². The smallest absolute Gasteiger partial charge is 0.191 e. The molecule has 2 aliphatic rings. The van der Waals surface area contributed by atoms with E-state index in [-0.39, 0.29) is 30.1 Å². The molecule has 2 N–H and O–H groups in total. The van der Waals surface area contributed by atoms with Crippen molar-refractivity contribution in [1.82, 2.24) is 4.90 Å². The Kier molecular flexibility index (Phi) is 6.36. The molecule has 1 aliphatic heterocycles. The summed E-state index contributed by atoms with van der Waals surface area (Å²) >= 11 is 0. The lowest BCUT2D eigenvalue weighted by Crippen LogP contribution is -2.48. The Morgan fingerprint density at radius 3 is 2.68 bits per heavy atom. The molecule has 112 valence electrons. The molecule has 2 fully saturated rings. The maximum atomic E-state index is 6.10. The van der Waals surface area contributed by atoms with Crippen LogP contribution in [0.2, 0.25) is 0 Å². The average molecular weight is 381 g/mol. The largest absolute Gasteiger partial charge is 0.375 e. The van der Waals surface area contributed by atoms with Crippen molar-refractivity contribution in [1.29, 1.82) is 0 Å². The molecule has 1 heterocycles. The van der Waals surface area contributed by atoms with Gasteiger partial charge in [-0.25, -0.2) is 0 Å². The van der Waals surface area contributed by atoms with Crippen molar-refractivity contribution in [2.45, 2.75) is 46.1 Å². The van der Waals surface area contributed by atoms with Crippen LogP contribution in [0.25, 0.3) is 0 Å². The number of nitrogens with zero attached hydrogens (tertiary/aromatic N) is 2. The van der Waals surface area contributed by atoms with Crippen molar-refractivity contribution in [2.24, 2.45) is 22.1 Å². The molecule has 2 rings (SSSR count). The first-order valence-electron chi connectivity index (χ1n) is 7.17. The second-order valence-electron chi connectivity index (χ2n) is 6.40. The number of ether oxygens (including phenoxy) is 1. The second-order valence-corrected chi connectivity index (χ2v) is 6.40. The molecule has 1 atom stereocenters. The normalized spacial score (nSPS) is 26.2. The van der Waals surface area contributed by atoms with E-state index in [9.17, 15) is 0 Å². The van der Waals surface area contributed by atoms with E-state index in [2.05, 4.69) is 30.7 Å². The van der Waals surface area contributed by atoms with Crippen LogP contribution in [0.5, 0.6) is 0 Å². The Morgan fingerprint density at radius 1 is 1.47 bits per heavy atom. The molecule has 0 aromatic rings. The number of morpholine rings is 1. The van der Waals surface area contributed by atoms with E-state index < -0.39 is 0 Å². The van der Waals surface area contributed by atoms with E-state index in [1.165, 1.54) is 19.3 Å². The highest BCUT2D eigenvalue weighted by Gasteiger charge is 2.42. The van der Waals surface area contributed by atoms with Crippen LogP contribution in [0.1, 0.15) is 40.0 Å². The summed E-state index contributed by atoms with van der Waals surface area (Å²) in [6.45, 7) is 10.1. The fraction of sp³-hybridized carbons (Fsp3) is 0.929. The average Bonchev–Trinajstić information content (AvgIpc) is 3.05. The van der Waals surface area contributed by atoms with Crippen LogP contribution >= 0.6 is 24.0 Å². The Bertz CT molecular complexity index is 316. The summed E-state index contributed by atoms with van der Waals surface area (Å²) in [6, 6.07) is 0. The summed E-state index contributed by atoms with van der Waals surface area (Å²) in [5, 5.41) is 0. The SMILES string of the molecule is CC(C)CC1(CN=C(N)N2CCOC(C)C2)CC1.I. The number of rotatable bonds is 4. The van der Waals surface area contributed by atoms with E-state index in [0.29, 0.717) is 11.4 Å². The van der Waals surface area contributed by atoms with Crippen molar-refractivity contribution in [2.75, 3.05) is 26.2 Å². The number of hydrogen-bond acceptors (Lipinski definition) is 2. The number of guanidine groups is 1. The number of aliphatic imine (C=N–C) groups is 1. The summed E-state index contributed by atoms with van der Waals surface area (Å²) in [5.74, 6) is 1.47. The maximum Gasteiger partial charge on any atom is 0.191 e. The Labute approximate surface area is 134 Å². The molecular weight excluding hydrogens is 353 g/mol. The summed E-state index contributed by atoms with van der Waals surface area (Å²) in [6.07, 6.45) is 4.18. The zero-order chi connectivity index (χ0) is 13.2. The molecule has 1 aliphatic carbocycles. The molecule has 0 bridgehead atoms. The summed E-state index contributed by atoms with van der Waals surface area (Å²) in [7, 11) is 0. The van der Waals surface area contributed by atoms with E-state index >= 15 is 0 Å². The topological polar surface area (TPSA) is 50.8 Å². The van der Waals surface area contributed by atoms with E-state index in [1.54, 1.807) is 0 Å². The zero-order valence-electron chi connectivity index (χ0n) is 12.4. The van der Waals surface area contributed by atoms with Gasteiger partial charge < -0.3 is 15.4 Å². The minimum atomic E-state index is 0. The van der Waals surface area contributed by atoms with Gasteiger partial charge in [-0.05, 0) is 37.5 Å². The first-order valence-corrected chi connectivity index (χ1v) is 7.17. The Balaban J connectivity index is 0.00000180. The fourth-order valence-electron chi connectivity index (χ4n) is 2.84. The van der Waals surface area contributed by atoms with Gasteiger partial charge in [0, 0.05) is 19.6 Å². The van der Waals surface area contributed by atoms with Gasteiger partial charge in [0.05, 0.1) is 12.7 Å². The van der Waals surface area contributed by atoms with Crippen LogP contribution in [-0.2, 0) is 4.74 Å². The highest BCUT2D eigenvalue weighted by atomic mass is 127. The fourth-order valence-corrected chi connectivity index (χ4v) is 2.84. The minimum absolute atomic E-state index is 0. The summed E-state index contributed by atoms with van der Waals surface area (Å²) in [4.78, 5) is 6.79. The lowest BCUT2D eigenvalue weighted by molar-refractivity contribution is 0.00526.